The van der Waals surface area contributed by atoms with Crippen LogP contribution in [0.2, 0.25) is 0 Å². The molecule has 0 spiro atoms. The summed E-state index contributed by atoms with van der Waals surface area (Å²) in [7, 11) is 0. The van der Waals surface area contributed by atoms with Crippen LogP contribution in [0.4, 0.5) is 0 Å². The van der Waals surface area contributed by atoms with Crippen LogP contribution in [0.1, 0.15) is 49.5 Å². The van der Waals surface area contributed by atoms with Crippen LogP contribution in [0.15, 0.2) is 12.4 Å². The smallest absolute Gasteiger partial charge is 0.345 e. The SMILES string of the molecule is CCOC(=O)c1c(-c2cnn(C3CC3)c2)nn2c1O[C@H](C)CC2. The summed E-state index contributed by atoms with van der Waals surface area (Å²) in [6, 6.07) is 0.489. The number of aromatic nitrogens is 4. The topological polar surface area (TPSA) is 71.2 Å². The van der Waals surface area contributed by atoms with Gasteiger partial charge in [0.2, 0.25) is 5.88 Å². The van der Waals surface area contributed by atoms with Gasteiger partial charge in [0.15, 0.2) is 0 Å². The zero-order valence-corrected chi connectivity index (χ0v) is 13.4. The van der Waals surface area contributed by atoms with Gasteiger partial charge < -0.3 is 9.47 Å². The van der Waals surface area contributed by atoms with Crippen molar-refractivity contribution in [2.45, 2.75) is 51.8 Å². The van der Waals surface area contributed by atoms with Crippen molar-refractivity contribution in [3.8, 4) is 17.1 Å². The lowest BCUT2D eigenvalue weighted by Crippen LogP contribution is -2.24. The molecule has 122 valence electrons. The molecule has 2 aromatic heterocycles. The number of ether oxygens (including phenoxy) is 2. The van der Waals surface area contributed by atoms with E-state index in [0.29, 0.717) is 29.8 Å². The van der Waals surface area contributed by atoms with Crippen molar-refractivity contribution < 1.29 is 14.3 Å². The normalized spacial score (nSPS) is 20.0. The van der Waals surface area contributed by atoms with Gasteiger partial charge in [0.05, 0.1) is 24.9 Å². The molecule has 7 nitrogen and oxygen atoms in total. The average Bonchev–Trinajstić information content (AvgIpc) is 3.14. The highest BCUT2D eigenvalue weighted by Crippen LogP contribution is 2.37. The van der Waals surface area contributed by atoms with E-state index in [-0.39, 0.29) is 6.10 Å². The van der Waals surface area contributed by atoms with Crippen molar-refractivity contribution in [2.75, 3.05) is 6.61 Å². The van der Waals surface area contributed by atoms with Crippen molar-refractivity contribution in [1.82, 2.24) is 19.6 Å². The molecular weight excluding hydrogens is 296 g/mol. The second-order valence-corrected chi connectivity index (χ2v) is 6.13. The lowest BCUT2D eigenvalue weighted by molar-refractivity contribution is 0.0515. The Balaban J connectivity index is 1.79. The number of carbonyl (C=O) groups excluding carboxylic acids is 1. The third-order valence-electron chi connectivity index (χ3n) is 4.24. The largest absolute Gasteiger partial charge is 0.474 e. The van der Waals surface area contributed by atoms with E-state index >= 15 is 0 Å². The minimum atomic E-state index is -0.392. The summed E-state index contributed by atoms with van der Waals surface area (Å²) in [5, 5.41) is 8.99. The molecule has 0 saturated heterocycles. The fourth-order valence-electron chi connectivity index (χ4n) is 2.86. The van der Waals surface area contributed by atoms with Gasteiger partial charge in [-0.2, -0.15) is 10.2 Å². The van der Waals surface area contributed by atoms with E-state index in [2.05, 4.69) is 10.2 Å². The van der Waals surface area contributed by atoms with Crippen molar-refractivity contribution in [1.29, 1.82) is 0 Å². The van der Waals surface area contributed by atoms with Crippen LogP contribution in [-0.4, -0.2) is 38.2 Å². The molecule has 3 heterocycles. The fourth-order valence-corrected chi connectivity index (χ4v) is 2.86. The van der Waals surface area contributed by atoms with E-state index in [1.807, 2.05) is 17.8 Å². The van der Waals surface area contributed by atoms with Crippen LogP contribution in [-0.2, 0) is 11.3 Å². The molecule has 0 amide bonds. The van der Waals surface area contributed by atoms with Crippen LogP contribution >= 0.6 is 0 Å². The zero-order chi connectivity index (χ0) is 16.0. The van der Waals surface area contributed by atoms with E-state index in [1.165, 1.54) is 0 Å². The predicted molar refractivity (Wildman–Crippen MR) is 82.4 cm³/mol. The first kappa shape index (κ1) is 14.3. The number of carbonyl (C=O) groups is 1. The van der Waals surface area contributed by atoms with E-state index in [0.717, 1.165) is 31.4 Å². The molecule has 0 radical (unpaired) electrons. The Morgan fingerprint density at radius 1 is 1.43 bits per heavy atom. The van der Waals surface area contributed by atoms with E-state index < -0.39 is 5.97 Å². The van der Waals surface area contributed by atoms with Crippen molar-refractivity contribution >= 4 is 5.97 Å². The summed E-state index contributed by atoms with van der Waals surface area (Å²) in [4.78, 5) is 12.4. The highest BCUT2D eigenvalue weighted by atomic mass is 16.5. The van der Waals surface area contributed by atoms with Crippen LogP contribution in [0.3, 0.4) is 0 Å². The van der Waals surface area contributed by atoms with Gasteiger partial charge in [-0.3, -0.25) is 4.68 Å². The molecule has 7 heteroatoms. The van der Waals surface area contributed by atoms with Gasteiger partial charge in [-0.15, -0.1) is 0 Å². The molecule has 0 bridgehead atoms. The number of hydrogen-bond acceptors (Lipinski definition) is 5. The maximum absolute atomic E-state index is 12.4. The molecule has 23 heavy (non-hydrogen) atoms. The van der Waals surface area contributed by atoms with Gasteiger partial charge in [0.25, 0.3) is 0 Å². The van der Waals surface area contributed by atoms with Gasteiger partial charge in [-0.1, -0.05) is 0 Å². The van der Waals surface area contributed by atoms with E-state index in [1.54, 1.807) is 17.8 Å². The highest BCUT2D eigenvalue weighted by Gasteiger charge is 2.32. The van der Waals surface area contributed by atoms with E-state index in [9.17, 15) is 4.79 Å². The molecule has 1 atom stereocenters. The van der Waals surface area contributed by atoms with E-state index in [4.69, 9.17) is 9.47 Å². The molecule has 0 N–H and O–H groups in total. The summed E-state index contributed by atoms with van der Waals surface area (Å²) >= 11 is 0. The summed E-state index contributed by atoms with van der Waals surface area (Å²) in [6.45, 7) is 4.85. The molecular formula is C16H20N4O3. The Labute approximate surface area is 134 Å². The van der Waals surface area contributed by atoms with Crippen molar-refractivity contribution in [2.24, 2.45) is 0 Å². The lowest BCUT2D eigenvalue weighted by Gasteiger charge is -2.21. The highest BCUT2D eigenvalue weighted by molar-refractivity contribution is 5.98. The number of fused-ring (bicyclic) bond motifs is 1. The Hall–Kier alpha value is -2.31. The zero-order valence-electron chi connectivity index (χ0n) is 13.4. The summed E-state index contributed by atoms with van der Waals surface area (Å²) < 4.78 is 14.8. The van der Waals surface area contributed by atoms with Gasteiger partial charge >= 0.3 is 5.97 Å². The number of hydrogen-bond donors (Lipinski definition) is 0. The predicted octanol–water partition coefficient (Wildman–Crippen LogP) is 2.43. The van der Waals surface area contributed by atoms with Gasteiger partial charge in [-0.05, 0) is 26.7 Å². The van der Waals surface area contributed by atoms with Crippen LogP contribution < -0.4 is 4.74 Å². The van der Waals surface area contributed by atoms with Crippen LogP contribution in [0.25, 0.3) is 11.3 Å². The number of rotatable bonds is 4. The standard InChI is InChI=1S/C16H20N4O3/c1-3-22-16(21)13-14(11-8-17-20(9-11)12-4-5-12)18-19-7-6-10(2)23-15(13)19/h8-10,12H,3-7H2,1-2H3/t10-/m1/s1. The Bertz CT molecular complexity index is 745. The summed E-state index contributed by atoms with van der Waals surface area (Å²) in [5.74, 6) is 0.119. The van der Waals surface area contributed by atoms with Gasteiger partial charge in [0.1, 0.15) is 11.3 Å². The van der Waals surface area contributed by atoms with Crippen molar-refractivity contribution in [3.63, 3.8) is 0 Å². The molecule has 1 aliphatic carbocycles. The van der Waals surface area contributed by atoms with Crippen LogP contribution in [0.5, 0.6) is 5.88 Å². The number of aryl methyl sites for hydroxylation is 1. The Kier molecular flexibility index (Phi) is 3.36. The second kappa shape index (κ2) is 5.40. The summed E-state index contributed by atoms with van der Waals surface area (Å²) in [6.07, 6.45) is 6.97. The molecule has 1 fully saturated rings. The first-order valence-electron chi connectivity index (χ1n) is 8.16. The fraction of sp³-hybridized carbons (Fsp3) is 0.562. The maximum Gasteiger partial charge on any atom is 0.345 e. The first-order valence-corrected chi connectivity index (χ1v) is 8.16. The first-order chi connectivity index (χ1) is 11.2. The van der Waals surface area contributed by atoms with Crippen molar-refractivity contribution in [3.05, 3.63) is 18.0 Å². The molecule has 1 aliphatic heterocycles. The molecule has 1 saturated carbocycles. The number of nitrogens with zero attached hydrogens (tertiary/aromatic N) is 4. The second-order valence-electron chi connectivity index (χ2n) is 6.13. The lowest BCUT2D eigenvalue weighted by atomic mass is 10.1. The Morgan fingerprint density at radius 2 is 2.26 bits per heavy atom. The summed E-state index contributed by atoms with van der Waals surface area (Å²) in [5.41, 5.74) is 1.84. The average molecular weight is 316 g/mol. The number of esters is 1. The monoisotopic (exact) mass is 316 g/mol. The third-order valence-corrected chi connectivity index (χ3v) is 4.24. The molecule has 0 aromatic carbocycles. The Morgan fingerprint density at radius 3 is 3.00 bits per heavy atom. The van der Waals surface area contributed by atoms with Crippen LogP contribution in [0, 0.1) is 0 Å². The molecule has 0 unspecified atom stereocenters. The molecule has 4 rings (SSSR count). The molecule has 2 aliphatic rings. The quantitative estimate of drug-likeness (QED) is 0.810. The minimum absolute atomic E-state index is 0.0643. The van der Waals surface area contributed by atoms with Gasteiger partial charge in [-0.25, -0.2) is 9.48 Å². The third kappa shape index (κ3) is 2.50. The maximum atomic E-state index is 12.4. The van der Waals surface area contributed by atoms with Gasteiger partial charge in [0, 0.05) is 24.7 Å². The minimum Gasteiger partial charge on any atom is -0.474 e. The molecule has 2 aromatic rings.